The van der Waals surface area contributed by atoms with Crippen LogP contribution in [0.25, 0.3) is 0 Å². The van der Waals surface area contributed by atoms with Gasteiger partial charge >= 0.3 is 0 Å². The van der Waals surface area contributed by atoms with Crippen LogP contribution in [0.4, 0.5) is 0 Å². The Morgan fingerprint density at radius 1 is 0.913 bits per heavy atom. The summed E-state index contributed by atoms with van der Waals surface area (Å²) in [5.41, 5.74) is 2.47. The van der Waals surface area contributed by atoms with E-state index in [4.69, 9.17) is 14.2 Å². The average molecular weight is 314 g/mol. The maximum atomic E-state index is 5.96. The van der Waals surface area contributed by atoms with Gasteiger partial charge in [-0.2, -0.15) is 0 Å². The molecule has 0 amide bonds. The van der Waals surface area contributed by atoms with E-state index in [1.165, 1.54) is 11.1 Å². The summed E-state index contributed by atoms with van der Waals surface area (Å²) >= 11 is 0. The quantitative estimate of drug-likeness (QED) is 0.643. The van der Waals surface area contributed by atoms with Crippen LogP contribution in [0.1, 0.15) is 37.3 Å². The standard InChI is InChI=1S/C20H26O3/c1-15(2)19-10-9-16(3)13-20(19)23-12-6-11-22-18-8-5-7-17(14-18)21-4/h5,7-10,13-15H,6,11-12H2,1-4H3. The van der Waals surface area contributed by atoms with Gasteiger partial charge < -0.3 is 14.2 Å². The first kappa shape index (κ1) is 17.2. The first-order valence-corrected chi connectivity index (χ1v) is 8.10. The Balaban J connectivity index is 1.80. The molecule has 0 heterocycles. The van der Waals surface area contributed by atoms with Crippen molar-refractivity contribution in [1.29, 1.82) is 0 Å². The largest absolute Gasteiger partial charge is 0.497 e. The zero-order chi connectivity index (χ0) is 16.7. The molecule has 23 heavy (non-hydrogen) atoms. The van der Waals surface area contributed by atoms with E-state index in [1.54, 1.807) is 7.11 Å². The van der Waals surface area contributed by atoms with Gasteiger partial charge in [-0.1, -0.05) is 32.0 Å². The van der Waals surface area contributed by atoms with Crippen molar-refractivity contribution < 1.29 is 14.2 Å². The fraction of sp³-hybridized carbons (Fsp3) is 0.400. The molecule has 0 saturated heterocycles. The molecular weight excluding hydrogens is 288 g/mol. The molecule has 0 unspecified atom stereocenters. The van der Waals surface area contributed by atoms with Gasteiger partial charge in [-0.3, -0.25) is 0 Å². The monoisotopic (exact) mass is 314 g/mol. The second-order valence-electron chi connectivity index (χ2n) is 5.93. The van der Waals surface area contributed by atoms with Crippen molar-refractivity contribution in [2.45, 2.75) is 33.1 Å². The minimum Gasteiger partial charge on any atom is -0.497 e. The van der Waals surface area contributed by atoms with Crippen molar-refractivity contribution in [2.75, 3.05) is 20.3 Å². The number of hydrogen-bond acceptors (Lipinski definition) is 3. The molecule has 0 aromatic heterocycles. The van der Waals surface area contributed by atoms with Gasteiger partial charge in [-0.25, -0.2) is 0 Å². The van der Waals surface area contributed by atoms with Crippen LogP contribution in [-0.2, 0) is 0 Å². The first-order chi connectivity index (χ1) is 11.1. The smallest absolute Gasteiger partial charge is 0.123 e. The molecule has 2 rings (SSSR count). The highest BCUT2D eigenvalue weighted by molar-refractivity contribution is 5.39. The third kappa shape index (κ3) is 5.20. The summed E-state index contributed by atoms with van der Waals surface area (Å²) in [6.45, 7) is 7.72. The number of benzene rings is 2. The maximum Gasteiger partial charge on any atom is 0.123 e. The molecule has 0 saturated carbocycles. The molecule has 0 atom stereocenters. The predicted molar refractivity (Wildman–Crippen MR) is 93.9 cm³/mol. The Morgan fingerprint density at radius 2 is 1.65 bits per heavy atom. The molecule has 0 fully saturated rings. The molecule has 0 radical (unpaired) electrons. The minimum atomic E-state index is 0.457. The number of hydrogen-bond donors (Lipinski definition) is 0. The number of rotatable bonds is 8. The Kier molecular flexibility index (Phi) is 6.33. The summed E-state index contributed by atoms with van der Waals surface area (Å²) in [7, 11) is 1.65. The van der Waals surface area contributed by atoms with Crippen LogP contribution < -0.4 is 14.2 Å². The lowest BCUT2D eigenvalue weighted by molar-refractivity contribution is 0.245. The van der Waals surface area contributed by atoms with Crippen LogP contribution in [0.5, 0.6) is 17.2 Å². The first-order valence-electron chi connectivity index (χ1n) is 8.10. The van der Waals surface area contributed by atoms with Gasteiger partial charge in [-0.05, 0) is 42.2 Å². The number of aryl methyl sites for hydroxylation is 1. The lowest BCUT2D eigenvalue weighted by Crippen LogP contribution is -2.06. The molecule has 124 valence electrons. The summed E-state index contributed by atoms with van der Waals surface area (Å²) in [6.07, 6.45) is 0.836. The van der Waals surface area contributed by atoms with Gasteiger partial charge in [0.2, 0.25) is 0 Å². The molecule has 3 nitrogen and oxygen atoms in total. The molecule has 0 aliphatic heterocycles. The van der Waals surface area contributed by atoms with Crippen LogP contribution in [0.15, 0.2) is 42.5 Å². The Morgan fingerprint density at radius 3 is 2.39 bits per heavy atom. The van der Waals surface area contributed by atoms with Crippen LogP contribution in [0.2, 0.25) is 0 Å². The third-order valence-electron chi connectivity index (χ3n) is 3.65. The SMILES string of the molecule is COc1cccc(OCCCOc2cc(C)ccc2C(C)C)c1. The summed E-state index contributed by atoms with van der Waals surface area (Å²) in [5.74, 6) is 3.07. The molecule has 0 N–H and O–H groups in total. The maximum absolute atomic E-state index is 5.96. The van der Waals surface area contributed by atoms with Gasteiger partial charge in [0.25, 0.3) is 0 Å². The third-order valence-corrected chi connectivity index (χ3v) is 3.65. The molecule has 0 bridgehead atoms. The Labute approximate surface area is 139 Å². The lowest BCUT2D eigenvalue weighted by Gasteiger charge is -2.15. The second kappa shape index (κ2) is 8.47. The molecule has 0 aliphatic carbocycles. The van der Waals surface area contributed by atoms with Crippen molar-refractivity contribution in [3.8, 4) is 17.2 Å². The van der Waals surface area contributed by atoms with Crippen LogP contribution >= 0.6 is 0 Å². The second-order valence-corrected chi connectivity index (χ2v) is 5.93. The van der Waals surface area contributed by atoms with Crippen molar-refractivity contribution >= 4 is 0 Å². The van der Waals surface area contributed by atoms with Crippen molar-refractivity contribution in [2.24, 2.45) is 0 Å². The van der Waals surface area contributed by atoms with E-state index in [0.717, 1.165) is 23.7 Å². The zero-order valence-electron chi connectivity index (χ0n) is 14.5. The highest BCUT2D eigenvalue weighted by atomic mass is 16.5. The summed E-state index contributed by atoms with van der Waals surface area (Å²) in [5, 5.41) is 0. The Hall–Kier alpha value is -2.16. The van der Waals surface area contributed by atoms with Crippen molar-refractivity contribution in [3.63, 3.8) is 0 Å². The van der Waals surface area contributed by atoms with E-state index in [-0.39, 0.29) is 0 Å². The van der Waals surface area contributed by atoms with E-state index in [2.05, 4.69) is 39.0 Å². The summed E-state index contributed by atoms with van der Waals surface area (Å²) in [4.78, 5) is 0. The molecule has 0 spiro atoms. The van der Waals surface area contributed by atoms with Gasteiger partial charge in [-0.15, -0.1) is 0 Å². The number of methoxy groups -OCH3 is 1. The predicted octanol–water partition coefficient (Wildman–Crippen LogP) is 4.97. The van der Waals surface area contributed by atoms with E-state index in [9.17, 15) is 0 Å². The lowest BCUT2D eigenvalue weighted by atomic mass is 10.0. The highest BCUT2D eigenvalue weighted by Crippen LogP contribution is 2.27. The highest BCUT2D eigenvalue weighted by Gasteiger charge is 2.08. The molecule has 3 heteroatoms. The minimum absolute atomic E-state index is 0.457. The number of ether oxygens (including phenoxy) is 3. The van der Waals surface area contributed by atoms with Gasteiger partial charge in [0.1, 0.15) is 17.2 Å². The van der Waals surface area contributed by atoms with Gasteiger partial charge in [0, 0.05) is 12.5 Å². The fourth-order valence-electron chi connectivity index (χ4n) is 2.37. The van der Waals surface area contributed by atoms with E-state index in [1.807, 2.05) is 24.3 Å². The van der Waals surface area contributed by atoms with Gasteiger partial charge in [0.05, 0.1) is 20.3 Å². The molecular formula is C20H26O3. The van der Waals surface area contributed by atoms with Crippen molar-refractivity contribution in [1.82, 2.24) is 0 Å². The van der Waals surface area contributed by atoms with Crippen LogP contribution in [0.3, 0.4) is 0 Å². The summed E-state index contributed by atoms with van der Waals surface area (Å²) in [6, 6.07) is 14.0. The van der Waals surface area contributed by atoms with Gasteiger partial charge in [0.15, 0.2) is 0 Å². The molecule has 2 aromatic carbocycles. The topological polar surface area (TPSA) is 27.7 Å². The van der Waals surface area contributed by atoms with E-state index < -0.39 is 0 Å². The zero-order valence-corrected chi connectivity index (χ0v) is 14.5. The van der Waals surface area contributed by atoms with E-state index >= 15 is 0 Å². The normalized spacial score (nSPS) is 10.7. The van der Waals surface area contributed by atoms with Crippen LogP contribution in [-0.4, -0.2) is 20.3 Å². The molecule has 0 aliphatic rings. The summed E-state index contributed by atoms with van der Waals surface area (Å²) < 4.78 is 16.9. The fourth-order valence-corrected chi connectivity index (χ4v) is 2.37. The van der Waals surface area contributed by atoms with Crippen molar-refractivity contribution in [3.05, 3.63) is 53.6 Å². The van der Waals surface area contributed by atoms with Crippen LogP contribution in [0, 0.1) is 6.92 Å². The van der Waals surface area contributed by atoms with E-state index in [0.29, 0.717) is 19.1 Å². The molecule has 2 aromatic rings. The Bertz CT molecular complexity index is 620. The average Bonchev–Trinajstić information content (AvgIpc) is 2.54.